The Morgan fingerprint density at radius 2 is 1.86 bits per heavy atom. The summed E-state index contributed by atoms with van der Waals surface area (Å²) < 4.78 is 8.03. The first kappa shape index (κ1) is 29.9. The molecule has 1 amide bonds. The molecule has 2 aromatic carbocycles. The van der Waals surface area contributed by atoms with Crippen LogP contribution in [0.15, 0.2) is 53.9 Å². The number of carbonyl (C=O) groups excluding carboxylic acids is 1. The molecule has 1 aromatic heterocycles. The number of ether oxygens (including phenoxy) is 1. The Labute approximate surface area is 259 Å². The van der Waals surface area contributed by atoms with Crippen molar-refractivity contribution in [3.05, 3.63) is 69.8 Å². The summed E-state index contributed by atoms with van der Waals surface area (Å²) in [7, 11) is 0. The lowest BCUT2D eigenvalue weighted by Gasteiger charge is -2.34. The molecular weight excluding hydrogens is 560 g/mol. The summed E-state index contributed by atoms with van der Waals surface area (Å²) in [6.07, 6.45) is 9.70. The first-order valence-electron chi connectivity index (χ1n) is 16.0. The Morgan fingerprint density at radius 3 is 2.65 bits per heavy atom. The van der Waals surface area contributed by atoms with E-state index in [1.54, 1.807) is 6.07 Å². The highest BCUT2D eigenvalue weighted by molar-refractivity contribution is 6.31. The number of amides is 1. The summed E-state index contributed by atoms with van der Waals surface area (Å²) in [5.74, 6) is 1.17. The summed E-state index contributed by atoms with van der Waals surface area (Å²) >= 11 is 6.66. The zero-order valence-electron chi connectivity index (χ0n) is 25.3. The molecule has 6 rings (SSSR count). The molecule has 0 N–H and O–H groups in total. The number of likely N-dealkylation sites (tertiary alicyclic amines) is 1. The number of benzene rings is 2. The Bertz CT molecular complexity index is 1510. The van der Waals surface area contributed by atoms with Gasteiger partial charge in [0.1, 0.15) is 6.61 Å². The van der Waals surface area contributed by atoms with Gasteiger partial charge in [-0.05, 0) is 93.3 Å². The quantitative estimate of drug-likeness (QED) is 0.182. The minimum Gasteiger partial charge on any atom is -0.498 e. The third-order valence-corrected chi connectivity index (χ3v) is 10.00. The van der Waals surface area contributed by atoms with Crippen LogP contribution < -0.4 is 4.90 Å². The van der Waals surface area contributed by atoms with E-state index in [1.807, 2.05) is 25.1 Å². The van der Waals surface area contributed by atoms with Crippen molar-refractivity contribution in [3.63, 3.8) is 0 Å². The van der Waals surface area contributed by atoms with Crippen LogP contribution in [0.25, 0.3) is 22.2 Å². The fourth-order valence-electron chi connectivity index (χ4n) is 7.71. The average Bonchev–Trinajstić information content (AvgIpc) is 3.25. The SMILES string of the molecule is C=C(C)OCCN1CCCC(CCN2CCn3c(c(C4CCCCC4)c4ccc(C(=O)N=O)cc43)-c3ccc(Cl)cc32)C1. The van der Waals surface area contributed by atoms with Gasteiger partial charge < -0.3 is 14.2 Å². The predicted molar refractivity (Wildman–Crippen MR) is 175 cm³/mol. The zero-order chi connectivity index (χ0) is 29.9. The fourth-order valence-corrected chi connectivity index (χ4v) is 7.87. The largest absolute Gasteiger partial charge is 0.498 e. The number of allylic oxidation sites excluding steroid dienone is 1. The molecule has 228 valence electrons. The number of hydrogen-bond donors (Lipinski definition) is 0. The van der Waals surface area contributed by atoms with Crippen LogP contribution in [0.3, 0.4) is 0 Å². The Morgan fingerprint density at radius 1 is 1.02 bits per heavy atom. The Hall–Kier alpha value is -3.16. The number of carbonyl (C=O) groups is 1. The second kappa shape index (κ2) is 13.2. The van der Waals surface area contributed by atoms with Crippen molar-refractivity contribution in [3.8, 4) is 11.3 Å². The fraction of sp³-hybridized carbons (Fsp3) is 0.514. The van der Waals surface area contributed by atoms with Crippen LogP contribution in [-0.2, 0) is 11.3 Å². The monoisotopic (exact) mass is 602 g/mol. The van der Waals surface area contributed by atoms with Gasteiger partial charge in [-0.25, -0.2) is 0 Å². The van der Waals surface area contributed by atoms with Gasteiger partial charge in [-0.15, -0.1) is 4.91 Å². The van der Waals surface area contributed by atoms with Crippen molar-refractivity contribution in [2.75, 3.05) is 44.2 Å². The van der Waals surface area contributed by atoms with Crippen LogP contribution in [0.1, 0.15) is 80.1 Å². The van der Waals surface area contributed by atoms with E-state index in [2.05, 4.69) is 38.3 Å². The summed E-state index contributed by atoms with van der Waals surface area (Å²) in [6, 6.07) is 12.0. The number of hydrogen-bond acceptors (Lipinski definition) is 5. The molecule has 1 saturated heterocycles. The van der Waals surface area contributed by atoms with E-state index >= 15 is 0 Å². The number of fused-ring (bicyclic) bond motifs is 5. The standard InChI is InChI=1S/C35H43ClN4O3/c1-24(2)43-20-19-38-15-6-7-25(23-38)14-16-39-17-18-40-32-21-27(35(41)37-42)10-12-29(32)33(26-8-4-3-5-9-26)34(40)30-13-11-28(36)22-31(30)39/h10-13,21-22,25-26H,1,3-9,14-20,23H2,2H3. The molecule has 2 fully saturated rings. The van der Waals surface area contributed by atoms with Crippen LogP contribution >= 0.6 is 11.6 Å². The lowest BCUT2D eigenvalue weighted by atomic mass is 9.81. The topological polar surface area (TPSA) is 67.1 Å². The highest BCUT2D eigenvalue weighted by Crippen LogP contribution is 2.48. The Kier molecular flexibility index (Phi) is 9.20. The molecule has 3 heterocycles. The van der Waals surface area contributed by atoms with Gasteiger partial charge in [0.25, 0.3) is 0 Å². The number of rotatable bonds is 9. The molecule has 3 aliphatic rings. The molecule has 8 heteroatoms. The minimum atomic E-state index is -0.716. The van der Waals surface area contributed by atoms with Crippen LogP contribution in [0.5, 0.6) is 0 Å². The number of halogens is 1. The van der Waals surface area contributed by atoms with Gasteiger partial charge >= 0.3 is 5.91 Å². The van der Waals surface area contributed by atoms with Crippen molar-refractivity contribution in [1.82, 2.24) is 9.47 Å². The predicted octanol–water partition coefficient (Wildman–Crippen LogP) is 8.39. The minimum absolute atomic E-state index is 0.353. The molecule has 1 saturated carbocycles. The van der Waals surface area contributed by atoms with Gasteiger partial charge in [0, 0.05) is 70.6 Å². The second-order valence-electron chi connectivity index (χ2n) is 12.7. The first-order chi connectivity index (χ1) is 20.9. The van der Waals surface area contributed by atoms with Gasteiger partial charge in [-0.3, -0.25) is 9.69 Å². The third kappa shape index (κ3) is 6.39. The van der Waals surface area contributed by atoms with Crippen molar-refractivity contribution >= 4 is 34.1 Å². The van der Waals surface area contributed by atoms with E-state index in [0.717, 1.165) is 62.0 Å². The highest BCUT2D eigenvalue weighted by atomic mass is 35.5. The molecule has 7 nitrogen and oxygen atoms in total. The van der Waals surface area contributed by atoms with Gasteiger partial charge in [0.15, 0.2) is 0 Å². The van der Waals surface area contributed by atoms with E-state index in [4.69, 9.17) is 16.3 Å². The zero-order valence-corrected chi connectivity index (χ0v) is 26.1. The molecule has 1 unspecified atom stereocenters. The first-order valence-corrected chi connectivity index (χ1v) is 16.4. The third-order valence-electron chi connectivity index (χ3n) is 9.76. The molecule has 0 radical (unpaired) electrons. The number of piperidine rings is 1. The van der Waals surface area contributed by atoms with Crippen LogP contribution in [0.4, 0.5) is 5.69 Å². The van der Waals surface area contributed by atoms with Crippen LogP contribution in [-0.4, -0.2) is 54.7 Å². The average molecular weight is 603 g/mol. The molecular formula is C35H43ClN4O3. The lowest BCUT2D eigenvalue weighted by Crippen LogP contribution is -2.39. The summed E-state index contributed by atoms with van der Waals surface area (Å²) in [5, 5.41) is 4.65. The van der Waals surface area contributed by atoms with Crippen molar-refractivity contribution in [2.24, 2.45) is 11.1 Å². The van der Waals surface area contributed by atoms with Gasteiger partial charge in [-0.2, -0.15) is 0 Å². The molecule has 0 spiro atoms. The normalized spacial score (nSPS) is 19.5. The highest BCUT2D eigenvalue weighted by Gasteiger charge is 2.31. The number of anilines is 1. The molecule has 1 aliphatic carbocycles. The smallest absolute Gasteiger partial charge is 0.316 e. The molecule has 43 heavy (non-hydrogen) atoms. The molecule has 1 atom stereocenters. The van der Waals surface area contributed by atoms with Gasteiger partial charge in [0.05, 0.1) is 11.5 Å². The van der Waals surface area contributed by atoms with Crippen molar-refractivity contribution in [2.45, 2.75) is 70.8 Å². The maximum Gasteiger partial charge on any atom is 0.316 e. The second-order valence-corrected chi connectivity index (χ2v) is 13.1. The molecule has 2 aliphatic heterocycles. The van der Waals surface area contributed by atoms with E-state index in [-0.39, 0.29) is 0 Å². The number of nitrogens with zero attached hydrogens (tertiary/aromatic N) is 4. The van der Waals surface area contributed by atoms with E-state index in [9.17, 15) is 9.70 Å². The summed E-state index contributed by atoms with van der Waals surface area (Å²) in [4.78, 5) is 28.5. The van der Waals surface area contributed by atoms with E-state index in [1.165, 1.54) is 72.8 Å². The van der Waals surface area contributed by atoms with Gasteiger partial charge in [0.2, 0.25) is 0 Å². The Balaban J connectivity index is 1.33. The van der Waals surface area contributed by atoms with Crippen molar-refractivity contribution in [1.29, 1.82) is 0 Å². The maximum atomic E-state index is 12.3. The summed E-state index contributed by atoms with van der Waals surface area (Å²) in [5.41, 5.74) is 6.42. The lowest BCUT2D eigenvalue weighted by molar-refractivity contribution is 0.100. The van der Waals surface area contributed by atoms with E-state index in [0.29, 0.717) is 24.0 Å². The van der Waals surface area contributed by atoms with Crippen molar-refractivity contribution < 1.29 is 9.53 Å². The molecule has 0 bridgehead atoms. The van der Waals surface area contributed by atoms with Crippen LogP contribution in [0.2, 0.25) is 5.02 Å². The van der Waals surface area contributed by atoms with Gasteiger partial charge in [-0.1, -0.05) is 43.5 Å². The molecule has 3 aromatic rings. The van der Waals surface area contributed by atoms with E-state index < -0.39 is 5.91 Å². The summed E-state index contributed by atoms with van der Waals surface area (Å²) in [6.45, 7) is 12.3. The van der Waals surface area contributed by atoms with Crippen LogP contribution in [0, 0.1) is 10.8 Å². The number of nitroso groups, excluding NO2 is 1. The maximum absolute atomic E-state index is 12.3. The number of aromatic nitrogens is 1.